The first-order chi connectivity index (χ1) is 25.8. The Hall–Kier alpha value is -5.93. The van der Waals surface area contributed by atoms with Crippen LogP contribution in [0.15, 0.2) is 91.3 Å². The molecule has 4 aliphatic rings. The van der Waals surface area contributed by atoms with E-state index in [9.17, 15) is 35.5 Å². The first kappa shape index (κ1) is 35.1. The summed E-state index contributed by atoms with van der Waals surface area (Å²) >= 11 is 0. The van der Waals surface area contributed by atoms with Gasteiger partial charge in [-0.05, 0) is 67.4 Å². The normalized spacial score (nSPS) is 18.3. The lowest BCUT2D eigenvalue weighted by Crippen LogP contribution is -2.48. The molecule has 3 aromatic heterocycles. The molecule has 9 nitrogen and oxygen atoms in total. The molecule has 0 radical (unpaired) electrons. The molecule has 5 aromatic rings. The second-order valence-corrected chi connectivity index (χ2v) is 13.4. The van der Waals surface area contributed by atoms with E-state index in [2.05, 4.69) is 35.4 Å². The summed E-state index contributed by atoms with van der Waals surface area (Å²) in [6.07, 6.45) is -4.69. The van der Waals surface area contributed by atoms with E-state index >= 15 is 0 Å². The van der Waals surface area contributed by atoms with Gasteiger partial charge in [0.05, 0.1) is 51.8 Å². The van der Waals surface area contributed by atoms with Crippen LogP contribution in [0, 0.1) is 5.82 Å². The lowest BCUT2D eigenvalue weighted by Gasteiger charge is -2.36. The van der Waals surface area contributed by atoms with Gasteiger partial charge in [0.15, 0.2) is 17.5 Å². The van der Waals surface area contributed by atoms with Crippen LogP contribution in [0.25, 0.3) is 22.5 Å². The van der Waals surface area contributed by atoms with Crippen molar-refractivity contribution in [1.29, 1.82) is 0 Å². The fourth-order valence-electron chi connectivity index (χ4n) is 7.26. The van der Waals surface area contributed by atoms with Gasteiger partial charge in [0.1, 0.15) is 0 Å². The summed E-state index contributed by atoms with van der Waals surface area (Å²) in [6, 6.07) is 18.3. The summed E-state index contributed by atoms with van der Waals surface area (Å²) in [5.74, 6) is 0.432. The first-order valence-corrected chi connectivity index (χ1v) is 17.2. The van der Waals surface area contributed by atoms with Gasteiger partial charge in [0, 0.05) is 49.5 Å². The smallest absolute Gasteiger partial charge is 0.366 e. The van der Waals surface area contributed by atoms with Crippen LogP contribution in [0.2, 0.25) is 0 Å². The lowest BCUT2D eigenvalue weighted by molar-refractivity contribution is -0.138. The summed E-state index contributed by atoms with van der Waals surface area (Å²) in [6.45, 7) is 3.28. The average Bonchev–Trinajstić information content (AvgIpc) is 3.76. The Morgan fingerprint density at radius 2 is 1.39 bits per heavy atom. The molecule has 9 rings (SSSR count). The van der Waals surface area contributed by atoms with Crippen molar-refractivity contribution < 1.29 is 35.5 Å². The Morgan fingerprint density at radius 3 is 2.06 bits per heavy atom. The van der Waals surface area contributed by atoms with Crippen molar-refractivity contribution in [3.63, 3.8) is 0 Å². The lowest BCUT2D eigenvalue weighted by atomic mass is 10.1. The van der Waals surface area contributed by atoms with Gasteiger partial charge in [0.2, 0.25) is 0 Å². The Balaban J connectivity index is 0.000000164. The van der Waals surface area contributed by atoms with Crippen molar-refractivity contribution in [1.82, 2.24) is 15.0 Å². The number of halogens is 7. The highest BCUT2D eigenvalue weighted by Crippen LogP contribution is 2.42. The summed E-state index contributed by atoms with van der Waals surface area (Å²) in [5.41, 5.74) is 1.93. The Labute approximate surface area is 304 Å². The Bertz CT molecular complexity index is 2230. The highest BCUT2D eigenvalue weighted by molar-refractivity contribution is 6.04. The average molecular weight is 749 g/mol. The molecular weight excluding hydrogens is 717 g/mol. The molecule has 0 unspecified atom stereocenters. The van der Waals surface area contributed by atoms with Crippen LogP contribution in [-0.4, -0.2) is 59.2 Å². The van der Waals surface area contributed by atoms with Gasteiger partial charge in [-0.2, -0.15) is 26.3 Å². The fourth-order valence-corrected chi connectivity index (χ4v) is 7.26. The topological polar surface area (TPSA) is 89.5 Å². The van der Waals surface area contributed by atoms with E-state index in [1.807, 2.05) is 6.07 Å². The zero-order valence-electron chi connectivity index (χ0n) is 28.3. The van der Waals surface area contributed by atoms with Gasteiger partial charge in [-0.25, -0.2) is 19.2 Å². The molecular formula is C38H31F7N8O. The Kier molecular flexibility index (Phi) is 8.77. The van der Waals surface area contributed by atoms with Gasteiger partial charge in [-0.15, -0.1) is 0 Å². The van der Waals surface area contributed by atoms with E-state index in [1.165, 1.54) is 29.3 Å². The van der Waals surface area contributed by atoms with Crippen LogP contribution in [0.1, 0.15) is 24.0 Å². The Morgan fingerprint density at radius 1 is 0.759 bits per heavy atom. The maximum absolute atomic E-state index is 14.0. The van der Waals surface area contributed by atoms with Crippen molar-refractivity contribution in [3.8, 4) is 22.5 Å². The molecule has 0 aliphatic carbocycles. The zero-order valence-corrected chi connectivity index (χ0v) is 28.3. The number of amides is 2. The molecule has 4 bridgehead atoms. The zero-order chi connectivity index (χ0) is 37.8. The number of carbonyl (C=O) groups is 1. The molecule has 0 spiro atoms. The molecule has 2 fully saturated rings. The highest BCUT2D eigenvalue weighted by atomic mass is 19.4. The molecule has 2 atom stereocenters. The minimum absolute atomic E-state index is 0.0130. The number of nitrogens with one attached hydrogen (secondary N) is 2. The van der Waals surface area contributed by atoms with Gasteiger partial charge in [-0.1, -0.05) is 24.3 Å². The molecule has 2 aromatic carbocycles. The number of nitrogens with zero attached hydrogens (tertiary/aromatic N) is 6. The van der Waals surface area contributed by atoms with Crippen molar-refractivity contribution >= 4 is 34.7 Å². The number of benzene rings is 2. The second kappa shape index (κ2) is 13.5. The van der Waals surface area contributed by atoms with Crippen LogP contribution in [-0.2, 0) is 12.4 Å². The monoisotopic (exact) mass is 748 g/mol. The quantitative estimate of drug-likeness (QED) is 0.179. The van der Waals surface area contributed by atoms with E-state index in [1.54, 1.807) is 30.3 Å². The molecule has 0 saturated carbocycles. The third kappa shape index (κ3) is 6.83. The second-order valence-electron chi connectivity index (χ2n) is 13.4. The van der Waals surface area contributed by atoms with Crippen LogP contribution in [0.4, 0.5) is 64.2 Å². The number of pyridine rings is 3. The summed E-state index contributed by atoms with van der Waals surface area (Å²) in [5, 5.41) is 5.92. The number of anilines is 5. The van der Waals surface area contributed by atoms with Crippen LogP contribution in [0.3, 0.4) is 0 Å². The molecule has 16 heteroatoms. The van der Waals surface area contributed by atoms with Gasteiger partial charge in [-0.3, -0.25) is 9.88 Å². The van der Waals surface area contributed by atoms with Crippen LogP contribution < -0.4 is 25.3 Å². The van der Waals surface area contributed by atoms with Crippen molar-refractivity contribution in [2.24, 2.45) is 0 Å². The van der Waals surface area contributed by atoms with E-state index in [-0.39, 0.29) is 17.3 Å². The predicted octanol–water partition coefficient (Wildman–Crippen LogP) is 8.70. The molecule has 2 saturated heterocycles. The number of aromatic nitrogens is 3. The number of hydrogen-bond donors (Lipinski definition) is 2. The van der Waals surface area contributed by atoms with E-state index < -0.39 is 35.3 Å². The third-order valence-electron chi connectivity index (χ3n) is 9.90. The van der Waals surface area contributed by atoms with Crippen molar-refractivity contribution in [2.75, 3.05) is 51.5 Å². The maximum atomic E-state index is 14.0. The number of alkyl halides is 6. The van der Waals surface area contributed by atoms with E-state index in [0.29, 0.717) is 47.5 Å². The molecule has 4 aliphatic heterocycles. The van der Waals surface area contributed by atoms with Crippen LogP contribution >= 0.6 is 0 Å². The number of carbonyl (C=O) groups excluding carboxylic acids is 1. The molecule has 7 heterocycles. The van der Waals surface area contributed by atoms with Gasteiger partial charge < -0.3 is 20.4 Å². The number of hydrogen-bond acceptors (Lipinski definition) is 7. The predicted molar refractivity (Wildman–Crippen MR) is 190 cm³/mol. The van der Waals surface area contributed by atoms with E-state index in [0.717, 1.165) is 68.0 Å². The summed E-state index contributed by atoms with van der Waals surface area (Å²) in [4.78, 5) is 31.7. The fraction of sp³-hybridized carbons (Fsp3) is 0.263. The first-order valence-electron chi connectivity index (χ1n) is 17.2. The summed E-state index contributed by atoms with van der Waals surface area (Å²) in [7, 11) is 0. The van der Waals surface area contributed by atoms with Crippen molar-refractivity contribution in [3.05, 3.63) is 108 Å². The standard InChI is InChI=1S/C22H17F4N5O.C16H14F3N3/c23-16-11-27-8-6-18(16)29-21(32)31-15-7-9-30(12-15)19-5-4-17(28-20(19)31)13-2-1-3-14(10-13)22(24,25)26;17-16(18,19)11-3-1-2-10(8-11)13-4-5-14-15(21-13)20-12-6-7-22(14)9-12/h1-6,8,10-11,15H,7,9,12H2,(H,27,29,32);1-5,8,12H,6-7,9H2,(H,20,21)/t15-;12-/m00/s1. The molecule has 2 N–H and O–H groups in total. The number of rotatable bonds is 3. The van der Waals surface area contributed by atoms with Gasteiger partial charge >= 0.3 is 18.4 Å². The SMILES string of the molecule is FC(F)(F)c1cccc(-c2ccc3c(n2)N[C@H]2CCN3C2)c1.O=C(Nc1ccncc1F)N1c2nc(-c3cccc(C(F)(F)F)c3)ccc2N2CC[C@H]1C2. The van der Waals surface area contributed by atoms with E-state index in [4.69, 9.17) is 0 Å². The minimum Gasteiger partial charge on any atom is -0.366 e. The summed E-state index contributed by atoms with van der Waals surface area (Å²) < 4.78 is 91.9. The van der Waals surface area contributed by atoms with Gasteiger partial charge in [0.25, 0.3) is 0 Å². The molecule has 2 amide bonds. The highest BCUT2D eigenvalue weighted by Gasteiger charge is 2.41. The molecule has 278 valence electrons. The third-order valence-corrected chi connectivity index (χ3v) is 9.90. The van der Waals surface area contributed by atoms with Crippen molar-refractivity contribution in [2.45, 2.75) is 37.3 Å². The number of urea groups is 1. The van der Waals surface area contributed by atoms with Crippen LogP contribution in [0.5, 0.6) is 0 Å². The number of fused-ring (bicyclic) bond motifs is 8. The maximum Gasteiger partial charge on any atom is 0.416 e. The minimum atomic E-state index is -4.48. The molecule has 54 heavy (non-hydrogen) atoms. The largest absolute Gasteiger partial charge is 0.416 e.